The maximum atomic E-state index is 12.9. The van der Waals surface area contributed by atoms with E-state index in [-0.39, 0.29) is 47.6 Å². The van der Waals surface area contributed by atoms with Crippen LogP contribution in [0.1, 0.15) is 116 Å². The molecule has 6 nitrogen and oxygen atoms in total. The number of amides is 1. The second-order valence-corrected chi connectivity index (χ2v) is 10.4. The molecular weight excluding hydrogens is 429 g/mol. The minimum atomic E-state index is -0.361. The monoisotopic (exact) mass is 485 g/mol. The number of esters is 1. The predicted molar refractivity (Wildman–Crippen MR) is 144 cm³/mol. The Hall–Kier alpha value is -1.08. The molecule has 1 amide bonds. The van der Waals surface area contributed by atoms with Gasteiger partial charge in [0, 0.05) is 5.54 Å². The Labute approximate surface area is 211 Å². The lowest BCUT2D eigenvalue weighted by Gasteiger charge is -2.35. The van der Waals surface area contributed by atoms with Gasteiger partial charge in [0.1, 0.15) is 0 Å². The molecule has 3 atom stereocenters. The van der Waals surface area contributed by atoms with E-state index in [2.05, 4.69) is 33.0 Å². The van der Waals surface area contributed by atoms with Crippen LogP contribution in [0.25, 0.3) is 0 Å². The molecule has 2 fully saturated rings. The van der Waals surface area contributed by atoms with Crippen LogP contribution in [0.15, 0.2) is 0 Å². The first-order valence-electron chi connectivity index (χ1n) is 13.5. The fourth-order valence-electron chi connectivity index (χ4n) is 4.16. The summed E-state index contributed by atoms with van der Waals surface area (Å²) in [7, 11) is 1.18. The van der Waals surface area contributed by atoms with Gasteiger partial charge >= 0.3 is 13.1 Å². The Kier molecular flexibility index (Phi) is 16.3. The van der Waals surface area contributed by atoms with Gasteiger partial charge in [0.15, 0.2) is 0 Å². The van der Waals surface area contributed by atoms with E-state index in [1.54, 1.807) is 0 Å². The fourth-order valence-corrected chi connectivity index (χ4v) is 4.16. The summed E-state index contributed by atoms with van der Waals surface area (Å²) in [5, 5.41) is 3.04. The molecule has 0 radical (unpaired) electrons. The van der Waals surface area contributed by atoms with Crippen molar-refractivity contribution >= 4 is 19.0 Å². The van der Waals surface area contributed by atoms with Gasteiger partial charge in [0.2, 0.25) is 5.91 Å². The van der Waals surface area contributed by atoms with Crippen molar-refractivity contribution in [2.24, 2.45) is 17.8 Å². The van der Waals surface area contributed by atoms with Gasteiger partial charge in [-0.3, -0.25) is 9.59 Å². The van der Waals surface area contributed by atoms with Gasteiger partial charge in [-0.2, -0.15) is 0 Å². The largest absolute Gasteiger partial charge is 0.469 e. The summed E-state index contributed by atoms with van der Waals surface area (Å²) >= 11 is 0. The van der Waals surface area contributed by atoms with Gasteiger partial charge in [-0.25, -0.2) is 0 Å². The topological polar surface area (TPSA) is 73.9 Å². The third-order valence-corrected chi connectivity index (χ3v) is 6.41. The Morgan fingerprint density at radius 1 is 0.912 bits per heavy atom. The van der Waals surface area contributed by atoms with Crippen LogP contribution in [-0.2, 0) is 23.6 Å². The van der Waals surface area contributed by atoms with Crippen molar-refractivity contribution in [3.63, 3.8) is 0 Å². The van der Waals surface area contributed by atoms with Gasteiger partial charge < -0.3 is 19.4 Å². The lowest BCUT2D eigenvalue weighted by Crippen LogP contribution is -2.48. The third-order valence-electron chi connectivity index (χ3n) is 6.41. The molecule has 1 unspecified atom stereocenters. The van der Waals surface area contributed by atoms with E-state index in [1.165, 1.54) is 7.11 Å². The highest BCUT2D eigenvalue weighted by Gasteiger charge is 2.51. The molecular formula is C27H56BNO5. The first-order chi connectivity index (χ1) is 15.8. The minimum absolute atomic E-state index is 0.0526. The molecule has 1 saturated heterocycles. The molecule has 2 rings (SSSR count). The SMILES string of the molecule is CC.CC.CC.COC(=O)[C@H]1CC[C@@H](CCB2OC(C)(C)C(C)(C)O2)CC1C(=O)NC(C)(C)C. The molecule has 1 N–H and O–H groups in total. The lowest BCUT2D eigenvalue weighted by atomic mass is 9.69. The number of carbonyl (C=O) groups excluding carboxylic acids is 2. The van der Waals surface area contributed by atoms with Crippen molar-refractivity contribution < 1.29 is 23.6 Å². The fraction of sp³-hybridized carbons (Fsp3) is 0.926. The average molecular weight is 486 g/mol. The summed E-state index contributed by atoms with van der Waals surface area (Å²) in [6.45, 7) is 26.1. The molecule has 2 aliphatic rings. The normalized spacial score (nSPS) is 24.8. The average Bonchev–Trinajstić information content (AvgIpc) is 3.00. The van der Waals surface area contributed by atoms with Crippen molar-refractivity contribution in [3.8, 4) is 0 Å². The molecule has 0 aromatic heterocycles. The van der Waals surface area contributed by atoms with Crippen LogP contribution in [0.3, 0.4) is 0 Å². The zero-order valence-corrected chi connectivity index (χ0v) is 24.9. The van der Waals surface area contributed by atoms with Gasteiger partial charge in [-0.15, -0.1) is 0 Å². The zero-order valence-electron chi connectivity index (χ0n) is 24.9. The summed E-state index contributed by atoms with van der Waals surface area (Å²) in [5.74, 6) is -0.665. The standard InChI is InChI=1S/C21H38BNO5.3C2H6/c1-19(2,3)23-17(24)16-13-14(9-10-15(16)18(25)26-8)11-12-22-27-20(4,5)21(6,7)28-22;3*1-2/h14-16H,9-13H2,1-8H3,(H,23,24);3*1-2H3/t14-,15-,16?;;;/m0.../s1. The van der Waals surface area contributed by atoms with E-state index in [4.69, 9.17) is 14.0 Å². The number of hydrogen-bond acceptors (Lipinski definition) is 5. The number of ether oxygens (including phenoxy) is 1. The molecule has 0 aromatic rings. The van der Waals surface area contributed by atoms with E-state index in [9.17, 15) is 9.59 Å². The van der Waals surface area contributed by atoms with E-state index < -0.39 is 0 Å². The van der Waals surface area contributed by atoms with Gasteiger partial charge in [-0.05, 0) is 80.0 Å². The lowest BCUT2D eigenvalue weighted by molar-refractivity contribution is -0.153. The molecule has 7 heteroatoms. The number of nitrogens with one attached hydrogen (secondary N) is 1. The molecule has 202 valence electrons. The molecule has 1 saturated carbocycles. The first kappa shape index (κ1) is 35.1. The van der Waals surface area contributed by atoms with E-state index in [0.29, 0.717) is 18.8 Å². The molecule has 0 spiro atoms. The molecule has 1 heterocycles. The van der Waals surface area contributed by atoms with Gasteiger partial charge in [0.05, 0.1) is 30.1 Å². The highest BCUT2D eigenvalue weighted by molar-refractivity contribution is 6.45. The zero-order chi connectivity index (χ0) is 27.3. The van der Waals surface area contributed by atoms with Crippen LogP contribution in [-0.4, -0.2) is 42.8 Å². The van der Waals surface area contributed by atoms with Crippen molar-refractivity contribution in [1.82, 2.24) is 5.32 Å². The number of rotatable bonds is 5. The van der Waals surface area contributed by atoms with Crippen LogP contribution in [0.5, 0.6) is 0 Å². The second-order valence-electron chi connectivity index (χ2n) is 10.4. The summed E-state index contributed by atoms with van der Waals surface area (Å²) < 4.78 is 17.2. The third kappa shape index (κ3) is 10.7. The van der Waals surface area contributed by atoms with Crippen molar-refractivity contribution in [1.29, 1.82) is 0 Å². The van der Waals surface area contributed by atoms with E-state index in [0.717, 1.165) is 19.2 Å². The molecule has 1 aliphatic heterocycles. The predicted octanol–water partition coefficient (Wildman–Crippen LogP) is 6.67. The van der Waals surface area contributed by atoms with Crippen molar-refractivity contribution in [2.75, 3.05) is 7.11 Å². The summed E-state index contributed by atoms with van der Waals surface area (Å²) in [5.41, 5.74) is -0.974. The first-order valence-corrected chi connectivity index (χ1v) is 13.5. The molecule has 34 heavy (non-hydrogen) atoms. The Morgan fingerprint density at radius 3 is 1.79 bits per heavy atom. The second kappa shape index (κ2) is 15.8. The minimum Gasteiger partial charge on any atom is -0.469 e. The van der Waals surface area contributed by atoms with E-state index >= 15 is 0 Å². The molecule has 0 bridgehead atoms. The van der Waals surface area contributed by atoms with Crippen LogP contribution < -0.4 is 5.32 Å². The Morgan fingerprint density at radius 2 is 1.38 bits per heavy atom. The number of carbonyl (C=O) groups is 2. The maximum Gasteiger partial charge on any atom is 0.457 e. The highest BCUT2D eigenvalue weighted by atomic mass is 16.7. The Balaban J connectivity index is 0. The van der Waals surface area contributed by atoms with Gasteiger partial charge in [-0.1, -0.05) is 48.0 Å². The van der Waals surface area contributed by atoms with Crippen molar-refractivity contribution in [3.05, 3.63) is 0 Å². The molecule has 0 aromatic carbocycles. The quantitative estimate of drug-likeness (QED) is 0.348. The smallest absolute Gasteiger partial charge is 0.457 e. The van der Waals surface area contributed by atoms with Crippen LogP contribution >= 0.6 is 0 Å². The summed E-state index contributed by atoms with van der Waals surface area (Å²) in [6.07, 6.45) is 4.01. The van der Waals surface area contributed by atoms with Crippen molar-refractivity contribution in [2.45, 2.75) is 139 Å². The molecule has 1 aliphatic carbocycles. The Bertz CT molecular complexity index is 570. The van der Waals surface area contributed by atoms with Crippen LogP contribution in [0.4, 0.5) is 0 Å². The highest BCUT2D eigenvalue weighted by Crippen LogP contribution is 2.41. The van der Waals surface area contributed by atoms with Crippen LogP contribution in [0, 0.1) is 17.8 Å². The number of methoxy groups -OCH3 is 1. The van der Waals surface area contributed by atoms with Gasteiger partial charge in [0.25, 0.3) is 0 Å². The summed E-state index contributed by atoms with van der Waals surface area (Å²) in [4.78, 5) is 25.1. The maximum absolute atomic E-state index is 12.9. The summed E-state index contributed by atoms with van der Waals surface area (Å²) in [6, 6.07) is 0. The number of hydrogen-bond donors (Lipinski definition) is 1. The van der Waals surface area contributed by atoms with Crippen LogP contribution in [0.2, 0.25) is 6.32 Å². The van der Waals surface area contributed by atoms with E-state index in [1.807, 2.05) is 62.3 Å².